The van der Waals surface area contributed by atoms with Gasteiger partial charge in [0, 0.05) is 42.7 Å². The van der Waals surface area contributed by atoms with Crippen LogP contribution in [0.5, 0.6) is 0 Å². The molecule has 0 saturated carbocycles. The number of hydrogen-bond donors (Lipinski definition) is 2. The van der Waals surface area contributed by atoms with Gasteiger partial charge in [-0.2, -0.15) is 11.8 Å². The largest absolute Gasteiger partial charge is 0.312 e. The zero-order valence-electron chi connectivity index (χ0n) is 13.4. The van der Waals surface area contributed by atoms with Gasteiger partial charge in [0.25, 0.3) is 0 Å². The van der Waals surface area contributed by atoms with E-state index < -0.39 is 10.0 Å². The van der Waals surface area contributed by atoms with Crippen LogP contribution in [0.15, 0.2) is 23.1 Å². The molecule has 1 fully saturated rings. The molecule has 2 aliphatic heterocycles. The Labute approximate surface area is 153 Å². The smallest absolute Gasteiger partial charge is 0.240 e. The Morgan fingerprint density at radius 2 is 2.25 bits per heavy atom. The summed E-state index contributed by atoms with van der Waals surface area (Å²) in [6.07, 6.45) is 1.18. The van der Waals surface area contributed by atoms with Crippen LogP contribution in [-0.2, 0) is 21.2 Å². The van der Waals surface area contributed by atoms with E-state index in [-0.39, 0.29) is 29.3 Å². The van der Waals surface area contributed by atoms with Gasteiger partial charge in [0.2, 0.25) is 15.9 Å². The highest BCUT2D eigenvalue weighted by atomic mass is 35.5. The number of halogens is 1. The van der Waals surface area contributed by atoms with Crippen LogP contribution in [0.25, 0.3) is 0 Å². The molecule has 0 radical (unpaired) electrons. The molecule has 1 unspecified atom stereocenters. The van der Waals surface area contributed by atoms with Crippen molar-refractivity contribution in [2.24, 2.45) is 0 Å². The van der Waals surface area contributed by atoms with Gasteiger partial charge in [-0.15, -0.1) is 12.4 Å². The number of carbonyl (C=O) groups is 1. The molecule has 0 aromatic heterocycles. The van der Waals surface area contributed by atoms with E-state index >= 15 is 0 Å². The minimum Gasteiger partial charge on any atom is -0.312 e. The van der Waals surface area contributed by atoms with Crippen LogP contribution >= 0.6 is 24.2 Å². The van der Waals surface area contributed by atoms with E-state index in [0.717, 1.165) is 29.3 Å². The van der Waals surface area contributed by atoms with Crippen molar-refractivity contribution in [1.29, 1.82) is 0 Å². The normalized spacial score (nSPS) is 20.4. The molecule has 1 atom stereocenters. The van der Waals surface area contributed by atoms with E-state index in [4.69, 9.17) is 0 Å². The first-order valence-corrected chi connectivity index (χ1v) is 10.3. The second-order valence-electron chi connectivity index (χ2n) is 5.72. The molecule has 2 aliphatic rings. The van der Waals surface area contributed by atoms with Gasteiger partial charge < -0.3 is 10.2 Å². The van der Waals surface area contributed by atoms with E-state index in [1.54, 1.807) is 23.1 Å². The maximum atomic E-state index is 12.6. The van der Waals surface area contributed by atoms with Crippen molar-refractivity contribution < 1.29 is 13.2 Å². The number of sulfonamides is 1. The molecule has 0 aliphatic carbocycles. The third kappa shape index (κ3) is 4.05. The van der Waals surface area contributed by atoms with Crippen molar-refractivity contribution in [3.63, 3.8) is 0 Å². The predicted octanol–water partition coefficient (Wildman–Crippen LogP) is 1.00. The Hall–Kier alpha value is -0.800. The van der Waals surface area contributed by atoms with Gasteiger partial charge in [0.15, 0.2) is 0 Å². The number of nitrogens with one attached hydrogen (secondary N) is 2. The molecule has 9 heteroatoms. The molecule has 6 nitrogen and oxygen atoms in total. The quantitative estimate of drug-likeness (QED) is 0.800. The Balaban J connectivity index is 0.00000208. The first-order valence-electron chi connectivity index (χ1n) is 7.69. The number of rotatable bonds is 4. The summed E-state index contributed by atoms with van der Waals surface area (Å²) in [6.45, 7) is 1.57. The number of thioether (sulfide) groups is 1. The third-order valence-corrected chi connectivity index (χ3v) is 6.79. The SMILES string of the molecule is CNS(=O)(=O)c1ccc2c(c1)CCN2C(=O)CC1CSCCN1.Cl. The van der Waals surface area contributed by atoms with E-state index in [2.05, 4.69) is 10.0 Å². The van der Waals surface area contributed by atoms with Crippen molar-refractivity contribution in [3.8, 4) is 0 Å². The average molecular weight is 392 g/mol. The van der Waals surface area contributed by atoms with Gasteiger partial charge in [-0.1, -0.05) is 0 Å². The zero-order valence-corrected chi connectivity index (χ0v) is 15.9. The summed E-state index contributed by atoms with van der Waals surface area (Å²) in [5, 5.41) is 3.38. The van der Waals surface area contributed by atoms with Gasteiger partial charge >= 0.3 is 0 Å². The summed E-state index contributed by atoms with van der Waals surface area (Å²) in [4.78, 5) is 14.6. The fourth-order valence-electron chi connectivity index (χ4n) is 2.99. The molecule has 1 saturated heterocycles. The third-order valence-electron chi connectivity index (χ3n) is 4.25. The molecule has 0 bridgehead atoms. The molecule has 1 aromatic carbocycles. The highest BCUT2D eigenvalue weighted by molar-refractivity contribution is 7.99. The number of hydrogen-bond acceptors (Lipinski definition) is 5. The maximum Gasteiger partial charge on any atom is 0.240 e. The number of anilines is 1. The number of benzene rings is 1. The topological polar surface area (TPSA) is 78.5 Å². The lowest BCUT2D eigenvalue weighted by atomic mass is 10.1. The Morgan fingerprint density at radius 3 is 2.92 bits per heavy atom. The number of amides is 1. The van der Waals surface area contributed by atoms with E-state index in [0.29, 0.717) is 19.4 Å². The summed E-state index contributed by atoms with van der Waals surface area (Å²) < 4.78 is 26.1. The highest BCUT2D eigenvalue weighted by Crippen LogP contribution is 2.31. The van der Waals surface area contributed by atoms with Crippen LogP contribution in [-0.4, -0.2) is 52.0 Å². The Morgan fingerprint density at radius 1 is 1.46 bits per heavy atom. The monoisotopic (exact) mass is 391 g/mol. The first-order chi connectivity index (χ1) is 11.0. The Bertz CT molecular complexity index is 706. The van der Waals surface area contributed by atoms with Crippen LogP contribution < -0.4 is 14.9 Å². The number of nitrogens with zero attached hydrogens (tertiary/aromatic N) is 1. The van der Waals surface area contributed by atoms with E-state index in [9.17, 15) is 13.2 Å². The van der Waals surface area contributed by atoms with Gasteiger partial charge in [0.1, 0.15) is 0 Å². The number of carbonyl (C=O) groups excluding carboxylic acids is 1. The average Bonchev–Trinajstić information content (AvgIpc) is 2.99. The molecule has 2 heterocycles. The standard InChI is InChI=1S/C15H21N3O3S2.ClH/c1-16-23(20,21)13-2-3-14-11(8-13)4-6-18(14)15(19)9-12-10-22-7-5-17-12;/h2-3,8,12,16-17H,4-7,9-10H2,1H3;1H. The molecule has 134 valence electrons. The minimum absolute atomic E-state index is 0. The van der Waals surface area contributed by atoms with Gasteiger partial charge in [-0.3, -0.25) is 4.79 Å². The first kappa shape index (κ1) is 19.5. The predicted molar refractivity (Wildman–Crippen MR) is 99.7 cm³/mol. The zero-order chi connectivity index (χ0) is 16.4. The molecule has 0 spiro atoms. The van der Waals surface area contributed by atoms with E-state index in [1.807, 2.05) is 11.8 Å². The van der Waals surface area contributed by atoms with Crippen LogP contribution in [0.3, 0.4) is 0 Å². The van der Waals surface area contributed by atoms with Crippen molar-refractivity contribution >= 4 is 45.8 Å². The molecule has 24 heavy (non-hydrogen) atoms. The lowest BCUT2D eigenvalue weighted by Crippen LogP contribution is -2.42. The summed E-state index contributed by atoms with van der Waals surface area (Å²) in [5.41, 5.74) is 1.76. The van der Waals surface area contributed by atoms with Crippen molar-refractivity contribution in [1.82, 2.24) is 10.0 Å². The number of fused-ring (bicyclic) bond motifs is 1. The molecule has 1 amide bonds. The second-order valence-corrected chi connectivity index (χ2v) is 8.76. The van der Waals surface area contributed by atoms with Crippen LogP contribution in [0, 0.1) is 0 Å². The second kappa shape index (κ2) is 8.05. The summed E-state index contributed by atoms with van der Waals surface area (Å²) in [5.74, 6) is 2.17. The fraction of sp³-hybridized carbons (Fsp3) is 0.533. The van der Waals surface area contributed by atoms with Crippen molar-refractivity contribution in [3.05, 3.63) is 23.8 Å². The molecule has 1 aromatic rings. The van der Waals surface area contributed by atoms with Crippen LogP contribution in [0.4, 0.5) is 5.69 Å². The maximum absolute atomic E-state index is 12.6. The van der Waals surface area contributed by atoms with Gasteiger partial charge in [0.05, 0.1) is 4.90 Å². The Kier molecular flexibility index (Phi) is 6.55. The lowest BCUT2D eigenvalue weighted by Gasteiger charge is -2.25. The fourth-order valence-corrected chi connectivity index (χ4v) is 4.72. The lowest BCUT2D eigenvalue weighted by molar-refractivity contribution is -0.118. The van der Waals surface area contributed by atoms with E-state index in [1.165, 1.54) is 7.05 Å². The summed E-state index contributed by atoms with van der Waals surface area (Å²) >= 11 is 1.87. The molecular weight excluding hydrogens is 370 g/mol. The van der Waals surface area contributed by atoms with Gasteiger partial charge in [-0.25, -0.2) is 13.1 Å². The van der Waals surface area contributed by atoms with Crippen LogP contribution in [0.2, 0.25) is 0 Å². The summed E-state index contributed by atoms with van der Waals surface area (Å²) in [6, 6.07) is 5.20. The van der Waals surface area contributed by atoms with Crippen molar-refractivity contribution in [2.45, 2.75) is 23.8 Å². The van der Waals surface area contributed by atoms with Gasteiger partial charge in [-0.05, 0) is 37.2 Å². The van der Waals surface area contributed by atoms with Crippen molar-refractivity contribution in [2.75, 3.05) is 36.5 Å². The van der Waals surface area contributed by atoms with Crippen LogP contribution in [0.1, 0.15) is 12.0 Å². The molecule has 2 N–H and O–H groups in total. The highest BCUT2D eigenvalue weighted by Gasteiger charge is 2.28. The summed E-state index contributed by atoms with van der Waals surface area (Å²) in [7, 11) is -2.05. The molecular formula is C15H22ClN3O3S2. The minimum atomic E-state index is -3.45. The molecule has 3 rings (SSSR count).